The maximum Gasteiger partial charge on any atom is 0.339 e. The van der Waals surface area contributed by atoms with Crippen LogP contribution in [0.1, 0.15) is 41.0 Å². The van der Waals surface area contributed by atoms with Crippen molar-refractivity contribution in [3.63, 3.8) is 0 Å². The lowest BCUT2D eigenvalue weighted by atomic mass is 9.81. The average Bonchev–Trinajstić information content (AvgIpc) is 3.18. The Bertz CT molecular complexity index is 1340. The third-order valence-electron chi connectivity index (χ3n) is 6.77. The van der Waals surface area contributed by atoms with Crippen molar-refractivity contribution < 1.29 is 23.8 Å². The number of halogens is 1. The minimum Gasteiger partial charge on any atom is -0.478 e. The van der Waals surface area contributed by atoms with E-state index < -0.39 is 23.1 Å². The standard InChI is InChI=1S/C27H28FN3O4/c1-27(2)16-31(15-20(26(33)34)24-23(27)18-5-3-4-6-22(18)29-24)25(32)19-13-17(7-8-21(19)28)14-30-9-11-35-12-10-30/h3-8,13,15,29H,9-12,14,16H2,1-2H3,(H,33,34). The number of hydrogen-bond acceptors (Lipinski definition) is 4. The van der Waals surface area contributed by atoms with Crippen molar-refractivity contribution in [2.24, 2.45) is 0 Å². The van der Waals surface area contributed by atoms with Crippen molar-refractivity contribution >= 4 is 28.4 Å². The van der Waals surface area contributed by atoms with Gasteiger partial charge < -0.3 is 19.7 Å². The first-order valence-corrected chi connectivity index (χ1v) is 11.7. The van der Waals surface area contributed by atoms with Crippen molar-refractivity contribution in [2.75, 3.05) is 32.8 Å². The number of fused-ring (bicyclic) bond motifs is 3. The van der Waals surface area contributed by atoms with Gasteiger partial charge in [-0.05, 0) is 29.3 Å². The molecule has 0 saturated carbocycles. The highest BCUT2D eigenvalue weighted by atomic mass is 19.1. The quantitative estimate of drug-likeness (QED) is 0.593. The number of para-hydroxylation sites is 1. The number of carbonyl (C=O) groups excluding carboxylic acids is 1. The van der Waals surface area contributed by atoms with E-state index in [4.69, 9.17) is 4.74 Å². The molecule has 2 aliphatic heterocycles. The van der Waals surface area contributed by atoms with E-state index in [0.717, 1.165) is 35.1 Å². The van der Waals surface area contributed by atoms with Crippen LogP contribution in [-0.2, 0) is 21.5 Å². The van der Waals surface area contributed by atoms with Gasteiger partial charge in [-0.2, -0.15) is 0 Å². The van der Waals surface area contributed by atoms with Crippen LogP contribution < -0.4 is 0 Å². The molecule has 5 rings (SSSR count). The van der Waals surface area contributed by atoms with E-state index in [9.17, 15) is 19.1 Å². The highest BCUT2D eigenvalue weighted by molar-refractivity contribution is 6.17. The number of aromatic amines is 1. The fourth-order valence-electron chi connectivity index (χ4n) is 5.12. The number of carboxylic acids is 1. The Hall–Kier alpha value is -3.49. The second kappa shape index (κ2) is 8.94. The molecule has 0 radical (unpaired) electrons. The summed E-state index contributed by atoms with van der Waals surface area (Å²) in [4.78, 5) is 32.7. The summed E-state index contributed by atoms with van der Waals surface area (Å²) in [6.07, 6.45) is 1.34. The number of carboxylic acid groups (broad SMARTS) is 1. The van der Waals surface area contributed by atoms with Crippen LogP contribution in [0.2, 0.25) is 0 Å². The molecule has 7 nitrogen and oxygen atoms in total. The molecule has 182 valence electrons. The summed E-state index contributed by atoms with van der Waals surface area (Å²) in [5, 5.41) is 11.0. The first-order chi connectivity index (χ1) is 16.7. The molecule has 3 aromatic rings. The van der Waals surface area contributed by atoms with Gasteiger partial charge in [0.25, 0.3) is 5.91 Å². The number of benzene rings is 2. The van der Waals surface area contributed by atoms with Crippen molar-refractivity contribution in [2.45, 2.75) is 25.8 Å². The van der Waals surface area contributed by atoms with E-state index in [1.807, 2.05) is 38.1 Å². The van der Waals surface area contributed by atoms with Crippen LogP contribution in [0, 0.1) is 5.82 Å². The summed E-state index contributed by atoms with van der Waals surface area (Å²) in [5.41, 5.74) is 2.27. The van der Waals surface area contributed by atoms with Gasteiger partial charge >= 0.3 is 5.97 Å². The maximum absolute atomic E-state index is 14.9. The molecule has 1 amide bonds. The number of aliphatic carboxylic acids is 1. The van der Waals surface area contributed by atoms with E-state index in [-0.39, 0.29) is 17.7 Å². The monoisotopic (exact) mass is 477 g/mol. The summed E-state index contributed by atoms with van der Waals surface area (Å²) in [6.45, 7) is 7.56. The van der Waals surface area contributed by atoms with Gasteiger partial charge in [-0.3, -0.25) is 9.69 Å². The van der Waals surface area contributed by atoms with Crippen LogP contribution >= 0.6 is 0 Å². The summed E-state index contributed by atoms with van der Waals surface area (Å²) in [7, 11) is 0. The number of rotatable bonds is 4. The van der Waals surface area contributed by atoms with Crippen LogP contribution in [-0.4, -0.2) is 64.6 Å². The van der Waals surface area contributed by atoms with Gasteiger partial charge in [-0.25, -0.2) is 9.18 Å². The third-order valence-corrected chi connectivity index (χ3v) is 6.77. The van der Waals surface area contributed by atoms with Crippen LogP contribution in [0.5, 0.6) is 0 Å². The van der Waals surface area contributed by atoms with Gasteiger partial charge in [0.15, 0.2) is 0 Å². The Morgan fingerprint density at radius 1 is 1.14 bits per heavy atom. The van der Waals surface area contributed by atoms with Crippen molar-refractivity contribution in [3.05, 3.63) is 76.9 Å². The molecule has 2 aromatic carbocycles. The second-order valence-corrected chi connectivity index (χ2v) is 9.79. The number of amides is 1. The molecule has 0 bridgehead atoms. The zero-order valence-electron chi connectivity index (χ0n) is 19.8. The molecule has 35 heavy (non-hydrogen) atoms. The number of hydrogen-bond donors (Lipinski definition) is 2. The Balaban J connectivity index is 1.53. The van der Waals surface area contributed by atoms with Crippen molar-refractivity contribution in [3.8, 4) is 0 Å². The Morgan fingerprint density at radius 3 is 2.63 bits per heavy atom. The van der Waals surface area contributed by atoms with E-state index in [1.54, 1.807) is 12.1 Å². The van der Waals surface area contributed by atoms with Gasteiger partial charge in [0.05, 0.1) is 30.0 Å². The number of carbonyl (C=O) groups is 2. The van der Waals surface area contributed by atoms with E-state index >= 15 is 0 Å². The Morgan fingerprint density at radius 2 is 1.89 bits per heavy atom. The van der Waals surface area contributed by atoms with Gasteiger partial charge in [0.1, 0.15) is 5.82 Å². The fraction of sp³-hybridized carbons (Fsp3) is 0.333. The van der Waals surface area contributed by atoms with Crippen LogP contribution in [0.4, 0.5) is 4.39 Å². The summed E-state index contributed by atoms with van der Waals surface area (Å²) in [5.74, 6) is -2.35. The zero-order chi connectivity index (χ0) is 24.7. The maximum atomic E-state index is 14.9. The number of nitrogens with zero attached hydrogens (tertiary/aromatic N) is 2. The lowest BCUT2D eigenvalue weighted by Gasteiger charge is -2.30. The minimum atomic E-state index is -1.16. The average molecular weight is 478 g/mol. The molecule has 3 heterocycles. The highest BCUT2D eigenvalue weighted by Crippen LogP contribution is 2.40. The SMILES string of the molecule is CC1(C)CN(C(=O)c2cc(CN3CCOCC3)ccc2F)C=C(C(=O)O)c2[nH]c3ccccc3c21. The van der Waals surface area contributed by atoms with Crippen molar-refractivity contribution in [1.82, 2.24) is 14.8 Å². The summed E-state index contributed by atoms with van der Waals surface area (Å²) >= 11 is 0. The van der Waals surface area contributed by atoms with Gasteiger partial charge in [0, 0.05) is 48.7 Å². The molecule has 0 atom stereocenters. The minimum absolute atomic E-state index is 0.0278. The van der Waals surface area contributed by atoms with Gasteiger partial charge in [-0.1, -0.05) is 38.1 Å². The highest BCUT2D eigenvalue weighted by Gasteiger charge is 2.37. The molecule has 1 aromatic heterocycles. The first kappa shape index (κ1) is 23.3. The molecule has 0 spiro atoms. The molecule has 1 fully saturated rings. The molecular formula is C27H28FN3O4. The normalized spacial score (nSPS) is 18.1. The van der Waals surface area contributed by atoms with Gasteiger partial charge in [-0.15, -0.1) is 0 Å². The second-order valence-electron chi connectivity index (χ2n) is 9.79. The van der Waals surface area contributed by atoms with Gasteiger partial charge in [0.2, 0.25) is 0 Å². The number of ether oxygens (including phenoxy) is 1. The van der Waals surface area contributed by atoms with E-state index in [1.165, 1.54) is 17.2 Å². The predicted octanol–water partition coefficient (Wildman–Crippen LogP) is 4.00. The van der Waals surface area contributed by atoms with E-state index in [2.05, 4.69) is 9.88 Å². The molecule has 0 unspecified atom stereocenters. The fourth-order valence-corrected chi connectivity index (χ4v) is 5.12. The summed E-state index contributed by atoms with van der Waals surface area (Å²) in [6, 6.07) is 12.2. The number of H-pyrrole nitrogens is 1. The largest absolute Gasteiger partial charge is 0.478 e. The Kier molecular flexibility index (Phi) is 5.94. The topological polar surface area (TPSA) is 85.9 Å². The molecule has 2 N–H and O–H groups in total. The third kappa shape index (κ3) is 4.35. The molecule has 0 aliphatic carbocycles. The first-order valence-electron chi connectivity index (χ1n) is 11.7. The van der Waals surface area contributed by atoms with Crippen LogP contribution in [0.25, 0.3) is 16.5 Å². The van der Waals surface area contributed by atoms with Crippen LogP contribution in [0.3, 0.4) is 0 Å². The molecule has 2 aliphatic rings. The molecule has 8 heteroatoms. The Labute approximate surface area is 202 Å². The summed E-state index contributed by atoms with van der Waals surface area (Å²) < 4.78 is 20.3. The lowest BCUT2D eigenvalue weighted by molar-refractivity contribution is -0.130. The van der Waals surface area contributed by atoms with E-state index in [0.29, 0.717) is 25.5 Å². The zero-order valence-corrected chi connectivity index (χ0v) is 19.8. The smallest absolute Gasteiger partial charge is 0.339 e. The van der Waals surface area contributed by atoms with Crippen molar-refractivity contribution in [1.29, 1.82) is 0 Å². The predicted molar refractivity (Wildman–Crippen MR) is 130 cm³/mol. The molecular weight excluding hydrogens is 449 g/mol. The number of aromatic nitrogens is 1. The number of nitrogens with one attached hydrogen (secondary N) is 1. The lowest BCUT2D eigenvalue weighted by Crippen LogP contribution is -2.37. The molecule has 1 saturated heterocycles. The number of morpholine rings is 1. The van der Waals surface area contributed by atoms with Crippen LogP contribution in [0.15, 0.2) is 48.7 Å².